The standard InChI is InChI=1S/C27H29F3N2O4S/c1-5-35-25(34)26(3,4)36-21-11-8-17-12-13-32(15-19(17)14-21)24(33)22-16(2)31-23(37-22)18-6-9-20(10-7-18)27(28,29)30/h6-11,14,17,19H,5,12-13,15H2,1-4H3. The largest absolute Gasteiger partial charge is 0.477 e. The molecule has 2 aromatic rings. The Labute approximate surface area is 217 Å². The van der Waals surface area contributed by atoms with E-state index in [9.17, 15) is 22.8 Å². The van der Waals surface area contributed by atoms with Crippen LogP contribution in [0.25, 0.3) is 10.6 Å². The zero-order valence-corrected chi connectivity index (χ0v) is 21.9. The van der Waals surface area contributed by atoms with E-state index >= 15 is 0 Å². The van der Waals surface area contributed by atoms with Gasteiger partial charge in [0.25, 0.3) is 5.91 Å². The SMILES string of the molecule is CCOC(=O)C(C)(C)OC1=CC2CN(C(=O)c3sc(-c4ccc(C(F)(F)F)cc4)nc3C)CCC2C=C1. The second-order valence-corrected chi connectivity index (χ2v) is 10.6. The summed E-state index contributed by atoms with van der Waals surface area (Å²) in [6, 6.07) is 4.78. The maximum Gasteiger partial charge on any atom is 0.416 e. The summed E-state index contributed by atoms with van der Waals surface area (Å²) in [7, 11) is 0. The Morgan fingerprint density at radius 3 is 2.51 bits per heavy atom. The van der Waals surface area contributed by atoms with Gasteiger partial charge < -0.3 is 14.4 Å². The monoisotopic (exact) mass is 534 g/mol. The molecule has 2 unspecified atom stereocenters. The first-order valence-electron chi connectivity index (χ1n) is 12.1. The lowest BCUT2D eigenvalue weighted by molar-refractivity contribution is -0.163. The lowest BCUT2D eigenvalue weighted by atomic mass is 9.82. The molecule has 1 aromatic carbocycles. The molecule has 1 fully saturated rings. The van der Waals surface area contributed by atoms with Crippen LogP contribution < -0.4 is 0 Å². The molecule has 1 amide bonds. The molecule has 0 N–H and O–H groups in total. The van der Waals surface area contributed by atoms with Crippen LogP contribution in [-0.2, 0) is 20.4 Å². The van der Waals surface area contributed by atoms with Crippen molar-refractivity contribution >= 4 is 23.2 Å². The fourth-order valence-electron chi connectivity index (χ4n) is 4.46. The molecular formula is C27H29F3N2O4S. The van der Waals surface area contributed by atoms with Crippen molar-refractivity contribution in [1.29, 1.82) is 0 Å². The third kappa shape index (κ3) is 5.89. The number of amides is 1. The predicted octanol–water partition coefficient (Wildman–Crippen LogP) is 6.03. The van der Waals surface area contributed by atoms with Crippen LogP contribution >= 0.6 is 11.3 Å². The lowest BCUT2D eigenvalue weighted by Gasteiger charge is -2.38. The van der Waals surface area contributed by atoms with Crippen molar-refractivity contribution in [2.75, 3.05) is 19.7 Å². The third-order valence-corrected chi connectivity index (χ3v) is 7.67. The van der Waals surface area contributed by atoms with Crippen LogP contribution in [0.3, 0.4) is 0 Å². The van der Waals surface area contributed by atoms with Crippen LogP contribution in [-0.4, -0.2) is 47.1 Å². The minimum atomic E-state index is -4.41. The molecule has 1 aliphatic carbocycles. The number of likely N-dealkylation sites (tertiary alicyclic amines) is 1. The average molecular weight is 535 g/mol. The molecule has 198 valence electrons. The number of hydrogen-bond acceptors (Lipinski definition) is 6. The number of benzene rings is 1. The Hall–Kier alpha value is -3.14. The van der Waals surface area contributed by atoms with Gasteiger partial charge in [-0.05, 0) is 64.3 Å². The molecule has 0 spiro atoms. The van der Waals surface area contributed by atoms with Crippen molar-refractivity contribution in [2.45, 2.75) is 45.9 Å². The molecule has 1 aromatic heterocycles. The number of allylic oxidation sites excluding steroid dienone is 2. The van der Waals surface area contributed by atoms with Crippen LogP contribution in [0.4, 0.5) is 13.2 Å². The highest BCUT2D eigenvalue weighted by molar-refractivity contribution is 7.17. The number of rotatable bonds is 6. The zero-order chi connectivity index (χ0) is 27.0. The Kier molecular flexibility index (Phi) is 7.50. The quantitative estimate of drug-likeness (QED) is 0.424. The minimum Gasteiger partial charge on any atom is -0.477 e. The molecule has 2 atom stereocenters. The number of aromatic nitrogens is 1. The molecule has 1 aliphatic heterocycles. The van der Waals surface area contributed by atoms with Crippen molar-refractivity contribution in [2.24, 2.45) is 11.8 Å². The summed E-state index contributed by atoms with van der Waals surface area (Å²) in [5.74, 6) is 0.248. The summed E-state index contributed by atoms with van der Waals surface area (Å²) >= 11 is 1.18. The van der Waals surface area contributed by atoms with Crippen molar-refractivity contribution in [3.8, 4) is 10.6 Å². The van der Waals surface area contributed by atoms with Crippen LogP contribution in [0, 0.1) is 18.8 Å². The van der Waals surface area contributed by atoms with Crippen LogP contribution in [0.1, 0.15) is 48.1 Å². The molecular weight excluding hydrogens is 505 g/mol. The van der Waals surface area contributed by atoms with E-state index < -0.39 is 23.3 Å². The van der Waals surface area contributed by atoms with E-state index in [-0.39, 0.29) is 24.3 Å². The summed E-state index contributed by atoms with van der Waals surface area (Å²) in [6.07, 6.45) is 2.25. The van der Waals surface area contributed by atoms with Crippen LogP contribution in [0.15, 0.2) is 48.3 Å². The van der Waals surface area contributed by atoms with Crippen molar-refractivity contribution in [3.63, 3.8) is 0 Å². The number of fused-ring (bicyclic) bond motifs is 1. The van der Waals surface area contributed by atoms with Gasteiger partial charge in [-0.2, -0.15) is 13.2 Å². The first-order chi connectivity index (χ1) is 17.4. The van der Waals surface area contributed by atoms with Gasteiger partial charge in [0.1, 0.15) is 15.6 Å². The Bertz CT molecular complexity index is 1230. The van der Waals surface area contributed by atoms with Crippen molar-refractivity contribution < 1.29 is 32.2 Å². The highest BCUT2D eigenvalue weighted by atomic mass is 32.1. The summed E-state index contributed by atoms with van der Waals surface area (Å²) in [5, 5.41) is 0.502. The Morgan fingerprint density at radius 2 is 1.86 bits per heavy atom. The average Bonchev–Trinajstić information content (AvgIpc) is 3.24. The lowest BCUT2D eigenvalue weighted by Crippen LogP contribution is -2.44. The van der Waals surface area contributed by atoms with Crippen LogP contribution in [0.5, 0.6) is 0 Å². The molecule has 37 heavy (non-hydrogen) atoms. The number of halogens is 3. The summed E-state index contributed by atoms with van der Waals surface area (Å²) in [6.45, 7) is 8.11. The molecule has 0 radical (unpaired) electrons. The first kappa shape index (κ1) is 26.9. The topological polar surface area (TPSA) is 68.7 Å². The molecule has 10 heteroatoms. The maximum atomic E-state index is 13.4. The van der Waals surface area contributed by atoms with E-state index in [4.69, 9.17) is 9.47 Å². The predicted molar refractivity (Wildman–Crippen MR) is 134 cm³/mol. The fourth-order valence-corrected chi connectivity index (χ4v) is 5.50. The van der Waals surface area contributed by atoms with Gasteiger partial charge in [-0.25, -0.2) is 9.78 Å². The zero-order valence-electron chi connectivity index (χ0n) is 21.1. The summed E-state index contributed by atoms with van der Waals surface area (Å²) in [4.78, 5) is 32.3. The number of esters is 1. The van der Waals surface area contributed by atoms with Gasteiger partial charge in [-0.3, -0.25) is 4.79 Å². The van der Waals surface area contributed by atoms with Gasteiger partial charge >= 0.3 is 12.1 Å². The van der Waals surface area contributed by atoms with Gasteiger partial charge in [0.15, 0.2) is 5.60 Å². The highest BCUT2D eigenvalue weighted by Crippen LogP contribution is 2.36. The van der Waals surface area contributed by atoms with Gasteiger partial charge in [0, 0.05) is 24.6 Å². The third-order valence-electron chi connectivity index (χ3n) is 6.48. The van der Waals surface area contributed by atoms with E-state index in [2.05, 4.69) is 11.1 Å². The summed E-state index contributed by atoms with van der Waals surface area (Å²) < 4.78 is 49.7. The number of carbonyl (C=O) groups is 2. The van der Waals surface area contributed by atoms with Gasteiger partial charge in [0.2, 0.25) is 0 Å². The maximum absolute atomic E-state index is 13.4. The van der Waals surface area contributed by atoms with E-state index in [1.807, 2.05) is 12.2 Å². The van der Waals surface area contributed by atoms with E-state index in [1.165, 1.54) is 23.5 Å². The highest BCUT2D eigenvalue weighted by Gasteiger charge is 2.36. The normalized spacial score (nSPS) is 19.8. The number of aryl methyl sites for hydroxylation is 1. The van der Waals surface area contributed by atoms with Gasteiger partial charge in [-0.1, -0.05) is 18.2 Å². The summed E-state index contributed by atoms with van der Waals surface area (Å²) in [5.41, 5.74) is -0.790. The second kappa shape index (κ2) is 10.3. The number of carbonyl (C=O) groups excluding carboxylic acids is 2. The van der Waals surface area contributed by atoms with Gasteiger partial charge in [-0.15, -0.1) is 11.3 Å². The molecule has 2 heterocycles. The molecule has 2 aliphatic rings. The number of ether oxygens (including phenoxy) is 2. The molecule has 0 saturated carbocycles. The molecule has 4 rings (SSSR count). The van der Waals surface area contributed by atoms with E-state index in [0.717, 1.165) is 18.6 Å². The minimum absolute atomic E-state index is 0.0262. The molecule has 6 nitrogen and oxygen atoms in total. The second-order valence-electron chi connectivity index (χ2n) is 9.64. The smallest absolute Gasteiger partial charge is 0.416 e. The van der Waals surface area contributed by atoms with E-state index in [0.29, 0.717) is 40.0 Å². The Morgan fingerprint density at radius 1 is 1.16 bits per heavy atom. The first-order valence-corrected chi connectivity index (χ1v) is 12.9. The molecule has 0 bridgehead atoms. The van der Waals surface area contributed by atoms with Crippen LogP contribution in [0.2, 0.25) is 0 Å². The van der Waals surface area contributed by atoms with Crippen molar-refractivity contribution in [3.05, 3.63) is 64.4 Å². The molecule has 1 saturated heterocycles. The number of piperidine rings is 1. The number of thiazole rings is 1. The number of alkyl halides is 3. The number of nitrogens with zero attached hydrogens (tertiary/aromatic N) is 2. The number of hydrogen-bond donors (Lipinski definition) is 0. The van der Waals surface area contributed by atoms with Gasteiger partial charge in [0.05, 0.1) is 17.9 Å². The van der Waals surface area contributed by atoms with E-state index in [1.54, 1.807) is 32.6 Å². The van der Waals surface area contributed by atoms with Crippen molar-refractivity contribution in [1.82, 2.24) is 9.88 Å². The Balaban J connectivity index is 1.47. The fraction of sp³-hybridized carbons (Fsp3) is 0.444.